The highest BCUT2D eigenvalue weighted by atomic mass is 79.9. The zero-order valence-corrected chi connectivity index (χ0v) is 17.6. The molecule has 0 aliphatic heterocycles. The molecule has 2 aromatic rings. The van der Waals surface area contributed by atoms with E-state index in [2.05, 4.69) is 37.9 Å². The van der Waals surface area contributed by atoms with Gasteiger partial charge in [0, 0.05) is 0 Å². The summed E-state index contributed by atoms with van der Waals surface area (Å²) in [4.78, 5) is 10.7. The average Bonchev–Trinajstić information content (AvgIpc) is 2.64. The molecule has 0 aliphatic carbocycles. The largest absolute Gasteiger partial charge is 0.493 e. The van der Waals surface area contributed by atoms with Crippen molar-refractivity contribution in [3.8, 4) is 23.3 Å². The molecular formula is C19H15Br2NO5. The lowest BCUT2D eigenvalue weighted by Gasteiger charge is -2.11. The van der Waals surface area contributed by atoms with E-state index in [1.807, 2.05) is 0 Å². The van der Waals surface area contributed by atoms with Crippen LogP contribution in [0.4, 0.5) is 0 Å². The molecule has 0 amide bonds. The maximum atomic E-state index is 10.7. The second kappa shape index (κ2) is 9.44. The molecule has 1 N–H and O–H groups in total. The van der Waals surface area contributed by atoms with Gasteiger partial charge in [-0.05, 0) is 79.4 Å². The smallest absolute Gasteiger partial charge is 0.341 e. The molecule has 0 saturated heterocycles. The third-order valence-corrected chi connectivity index (χ3v) is 4.66. The van der Waals surface area contributed by atoms with Crippen molar-refractivity contribution in [1.29, 1.82) is 5.26 Å². The molecule has 8 heteroatoms. The van der Waals surface area contributed by atoms with Crippen LogP contribution in [0.25, 0.3) is 11.6 Å². The molecule has 0 aliphatic rings. The Kier molecular flexibility index (Phi) is 7.28. The van der Waals surface area contributed by atoms with Crippen LogP contribution in [0.1, 0.15) is 11.1 Å². The van der Waals surface area contributed by atoms with E-state index in [9.17, 15) is 10.1 Å². The number of ether oxygens (including phenoxy) is 3. The Morgan fingerprint density at radius 3 is 2.30 bits per heavy atom. The first-order valence-electron chi connectivity index (χ1n) is 7.57. The lowest BCUT2D eigenvalue weighted by atomic mass is 10.0. The highest BCUT2D eigenvalue weighted by Crippen LogP contribution is 2.36. The first-order valence-corrected chi connectivity index (χ1v) is 9.16. The van der Waals surface area contributed by atoms with Crippen LogP contribution in [-0.4, -0.2) is 31.9 Å². The normalized spacial score (nSPS) is 10.9. The third kappa shape index (κ3) is 5.25. The minimum atomic E-state index is -1.07. The van der Waals surface area contributed by atoms with Crippen molar-refractivity contribution >= 4 is 49.5 Å². The first-order chi connectivity index (χ1) is 12.9. The average molecular weight is 497 g/mol. The van der Waals surface area contributed by atoms with Crippen LogP contribution in [0.3, 0.4) is 0 Å². The molecule has 140 valence electrons. The number of halogens is 2. The third-order valence-electron chi connectivity index (χ3n) is 3.49. The predicted molar refractivity (Wildman–Crippen MR) is 108 cm³/mol. The number of benzene rings is 2. The molecular weight excluding hydrogens is 482 g/mol. The van der Waals surface area contributed by atoms with Crippen molar-refractivity contribution in [2.75, 3.05) is 20.8 Å². The van der Waals surface area contributed by atoms with E-state index in [0.29, 0.717) is 37.3 Å². The van der Waals surface area contributed by atoms with E-state index in [4.69, 9.17) is 19.3 Å². The van der Waals surface area contributed by atoms with Gasteiger partial charge >= 0.3 is 5.97 Å². The number of hydrogen-bond acceptors (Lipinski definition) is 5. The van der Waals surface area contributed by atoms with Crippen LogP contribution in [-0.2, 0) is 4.79 Å². The summed E-state index contributed by atoms with van der Waals surface area (Å²) < 4.78 is 16.9. The summed E-state index contributed by atoms with van der Waals surface area (Å²) in [6.07, 6.45) is 1.71. The van der Waals surface area contributed by atoms with E-state index in [-0.39, 0.29) is 0 Å². The maximum Gasteiger partial charge on any atom is 0.341 e. The Bertz CT molecular complexity index is 911. The highest BCUT2D eigenvalue weighted by Gasteiger charge is 2.12. The van der Waals surface area contributed by atoms with Gasteiger partial charge < -0.3 is 19.3 Å². The summed E-state index contributed by atoms with van der Waals surface area (Å²) in [7, 11) is 3.07. The topological polar surface area (TPSA) is 88.8 Å². The highest BCUT2D eigenvalue weighted by molar-refractivity contribution is 9.11. The summed E-state index contributed by atoms with van der Waals surface area (Å²) in [6.45, 7) is -0.457. The number of carboxylic acid groups (broad SMARTS) is 1. The number of carboxylic acids is 1. The van der Waals surface area contributed by atoms with Gasteiger partial charge in [0.25, 0.3) is 0 Å². The Hall–Kier alpha value is -2.50. The molecule has 0 atom stereocenters. The molecule has 0 radical (unpaired) electrons. The fraction of sp³-hybridized carbons (Fsp3) is 0.158. The molecule has 0 aromatic heterocycles. The molecule has 0 unspecified atom stereocenters. The molecule has 0 bridgehead atoms. The zero-order chi connectivity index (χ0) is 20.0. The Balaban J connectivity index is 2.41. The standard InChI is InChI=1S/C19H15Br2NO5/c1-25-16-4-3-12(8-17(16)26-2)13(9-22)5-11-6-14(20)19(15(21)7-11)27-10-18(23)24/h3-8H,10H2,1-2H3,(H,23,24)/b13-5+. The molecule has 2 rings (SSSR count). The van der Waals surface area contributed by atoms with Gasteiger partial charge in [0.1, 0.15) is 5.75 Å². The number of rotatable bonds is 7. The van der Waals surface area contributed by atoms with Gasteiger partial charge in [-0.2, -0.15) is 5.26 Å². The van der Waals surface area contributed by atoms with Crippen LogP contribution in [0.5, 0.6) is 17.2 Å². The lowest BCUT2D eigenvalue weighted by molar-refractivity contribution is -0.139. The summed E-state index contributed by atoms with van der Waals surface area (Å²) >= 11 is 6.72. The van der Waals surface area contributed by atoms with E-state index in [1.54, 1.807) is 43.5 Å². The van der Waals surface area contributed by atoms with E-state index < -0.39 is 12.6 Å². The lowest BCUT2D eigenvalue weighted by Crippen LogP contribution is -2.10. The second-order valence-corrected chi connectivity index (χ2v) is 6.94. The predicted octanol–water partition coefficient (Wildman–Crippen LogP) is 4.76. The van der Waals surface area contributed by atoms with Crippen molar-refractivity contribution in [1.82, 2.24) is 0 Å². The summed E-state index contributed by atoms with van der Waals surface area (Å²) in [6, 6.07) is 10.9. The van der Waals surface area contributed by atoms with Gasteiger partial charge in [-0.15, -0.1) is 0 Å². The van der Waals surface area contributed by atoms with Gasteiger partial charge in [-0.25, -0.2) is 4.79 Å². The van der Waals surface area contributed by atoms with Crippen molar-refractivity contribution < 1.29 is 24.1 Å². The van der Waals surface area contributed by atoms with Crippen molar-refractivity contribution in [2.24, 2.45) is 0 Å². The Morgan fingerprint density at radius 1 is 1.15 bits per heavy atom. The summed E-state index contributed by atoms with van der Waals surface area (Å²) in [5, 5.41) is 18.3. The molecule has 27 heavy (non-hydrogen) atoms. The van der Waals surface area contributed by atoms with E-state index in [0.717, 1.165) is 5.56 Å². The Labute approximate surface area is 173 Å². The van der Waals surface area contributed by atoms with Crippen LogP contribution >= 0.6 is 31.9 Å². The van der Waals surface area contributed by atoms with Crippen LogP contribution in [0, 0.1) is 11.3 Å². The van der Waals surface area contributed by atoms with Gasteiger partial charge in [0.2, 0.25) is 0 Å². The van der Waals surface area contributed by atoms with Gasteiger partial charge in [0.05, 0.1) is 34.8 Å². The SMILES string of the molecule is COc1ccc(/C(C#N)=C/c2cc(Br)c(OCC(=O)O)c(Br)c2)cc1OC. The summed E-state index contributed by atoms with van der Waals surface area (Å²) in [5.74, 6) is 0.400. The number of methoxy groups -OCH3 is 2. The number of carbonyl (C=O) groups is 1. The molecule has 0 heterocycles. The van der Waals surface area contributed by atoms with Gasteiger partial charge in [-0.3, -0.25) is 0 Å². The maximum absolute atomic E-state index is 10.7. The molecule has 0 saturated carbocycles. The molecule has 2 aromatic carbocycles. The Morgan fingerprint density at radius 2 is 1.78 bits per heavy atom. The van der Waals surface area contributed by atoms with E-state index in [1.165, 1.54) is 7.11 Å². The number of nitrogens with zero attached hydrogens (tertiary/aromatic N) is 1. The van der Waals surface area contributed by atoms with Gasteiger partial charge in [-0.1, -0.05) is 0 Å². The number of aliphatic carboxylic acids is 1. The minimum Gasteiger partial charge on any atom is -0.493 e. The summed E-state index contributed by atoms with van der Waals surface area (Å²) in [5.41, 5.74) is 1.82. The molecule has 0 spiro atoms. The fourth-order valence-electron chi connectivity index (χ4n) is 2.29. The van der Waals surface area contributed by atoms with Crippen molar-refractivity contribution in [2.45, 2.75) is 0 Å². The fourth-order valence-corrected chi connectivity index (χ4v) is 3.74. The van der Waals surface area contributed by atoms with E-state index >= 15 is 0 Å². The van der Waals surface area contributed by atoms with Crippen molar-refractivity contribution in [3.63, 3.8) is 0 Å². The second-order valence-electron chi connectivity index (χ2n) is 5.24. The zero-order valence-electron chi connectivity index (χ0n) is 14.5. The minimum absolute atomic E-state index is 0.374. The van der Waals surface area contributed by atoms with Crippen LogP contribution < -0.4 is 14.2 Å². The molecule has 6 nitrogen and oxygen atoms in total. The van der Waals surface area contributed by atoms with Crippen LogP contribution in [0.15, 0.2) is 39.3 Å². The number of nitriles is 1. The monoisotopic (exact) mass is 495 g/mol. The number of hydrogen-bond donors (Lipinski definition) is 1. The van der Waals surface area contributed by atoms with Gasteiger partial charge in [0.15, 0.2) is 18.1 Å². The molecule has 0 fully saturated rings. The van der Waals surface area contributed by atoms with Crippen molar-refractivity contribution in [3.05, 3.63) is 50.4 Å². The number of allylic oxidation sites excluding steroid dienone is 1. The first kappa shape index (κ1) is 20.8. The van der Waals surface area contributed by atoms with Crippen LogP contribution in [0.2, 0.25) is 0 Å². The quantitative estimate of drug-likeness (QED) is 0.439.